The number of nitrogens with one attached hydrogen (secondary N) is 1. The number of piperidine rings is 1. The van der Waals surface area contributed by atoms with Crippen LogP contribution in [0.15, 0.2) is 23.1 Å². The molecule has 1 saturated heterocycles. The van der Waals surface area contributed by atoms with Gasteiger partial charge < -0.3 is 28.6 Å². The molecule has 10 nitrogen and oxygen atoms in total. The van der Waals surface area contributed by atoms with Crippen LogP contribution in [0, 0.1) is 0 Å². The van der Waals surface area contributed by atoms with Gasteiger partial charge in [0, 0.05) is 33.6 Å². The van der Waals surface area contributed by atoms with Gasteiger partial charge in [0.2, 0.25) is 11.8 Å². The molecule has 0 saturated carbocycles. The lowest BCUT2D eigenvalue weighted by Gasteiger charge is -2.29. The van der Waals surface area contributed by atoms with E-state index in [4.69, 9.17) is 23.7 Å². The average Bonchev–Trinajstić information content (AvgIpc) is 3.22. The van der Waals surface area contributed by atoms with E-state index in [0.29, 0.717) is 78.0 Å². The monoisotopic (exact) mass is 650 g/mol. The molecule has 0 radical (unpaired) electrons. The summed E-state index contributed by atoms with van der Waals surface area (Å²) in [7, 11) is 0. The summed E-state index contributed by atoms with van der Waals surface area (Å²) >= 11 is 3.89. The molecule has 2 aliphatic rings. The van der Waals surface area contributed by atoms with Crippen LogP contribution in [-0.4, -0.2) is 105 Å². The van der Waals surface area contributed by atoms with E-state index < -0.39 is 11.9 Å². The molecule has 0 bridgehead atoms. The molecule has 37 heavy (non-hydrogen) atoms. The second-order valence-electron chi connectivity index (χ2n) is 8.28. The minimum Gasteiger partial charge on any atom is -0.378 e. The minimum absolute atomic E-state index is 0.159. The van der Waals surface area contributed by atoms with Gasteiger partial charge in [0.25, 0.3) is 5.91 Å². The number of alkyl halides is 1. The molecule has 0 spiro atoms. The normalized spacial score (nSPS) is 17.4. The highest BCUT2D eigenvalue weighted by atomic mass is 127. The van der Waals surface area contributed by atoms with E-state index in [1.165, 1.54) is 0 Å². The number of hydrogen-bond acceptors (Lipinski definition) is 9. The number of carbonyl (C=O) groups excluding carboxylic acids is 3. The van der Waals surface area contributed by atoms with Crippen molar-refractivity contribution < 1.29 is 38.1 Å². The summed E-state index contributed by atoms with van der Waals surface area (Å²) in [5.41, 5.74) is 1.55. The number of benzene rings is 1. The van der Waals surface area contributed by atoms with Gasteiger partial charge >= 0.3 is 0 Å². The predicted octanol–water partition coefficient (Wildman–Crippen LogP) is 2.06. The van der Waals surface area contributed by atoms with Gasteiger partial charge in [-0.25, -0.2) is 0 Å². The molecule has 1 aromatic carbocycles. The Morgan fingerprint density at radius 2 is 1.46 bits per heavy atom. The molecule has 2 heterocycles. The fraction of sp³-hybridized carbons (Fsp3) is 0.640. The smallest absolute Gasteiger partial charge is 0.255 e. The van der Waals surface area contributed by atoms with E-state index in [1.807, 2.05) is 12.1 Å². The first kappa shape index (κ1) is 30.3. The van der Waals surface area contributed by atoms with E-state index in [1.54, 1.807) is 22.7 Å². The van der Waals surface area contributed by atoms with Crippen molar-refractivity contribution in [2.24, 2.45) is 0 Å². The molecule has 206 valence electrons. The molecule has 1 N–H and O–H groups in total. The van der Waals surface area contributed by atoms with Crippen LogP contribution in [0.25, 0.3) is 0 Å². The van der Waals surface area contributed by atoms with Crippen LogP contribution in [0.1, 0.15) is 28.8 Å². The van der Waals surface area contributed by atoms with E-state index in [-0.39, 0.29) is 18.2 Å². The van der Waals surface area contributed by atoms with Crippen LogP contribution < -0.4 is 5.32 Å². The summed E-state index contributed by atoms with van der Waals surface area (Å²) in [4.78, 5) is 39.2. The zero-order chi connectivity index (χ0) is 26.3. The first-order valence-corrected chi connectivity index (χ1v) is 15.0. The van der Waals surface area contributed by atoms with Crippen LogP contribution in [-0.2, 0) is 39.8 Å². The maximum absolute atomic E-state index is 12.9. The lowest BCUT2D eigenvalue weighted by Crippen LogP contribution is -2.52. The maximum atomic E-state index is 12.9. The number of halogens is 1. The van der Waals surface area contributed by atoms with Crippen molar-refractivity contribution in [3.63, 3.8) is 0 Å². The highest BCUT2D eigenvalue weighted by Gasteiger charge is 2.39. The van der Waals surface area contributed by atoms with Gasteiger partial charge in [0.15, 0.2) is 0 Å². The third kappa shape index (κ3) is 10.1. The van der Waals surface area contributed by atoms with Crippen LogP contribution in [0.5, 0.6) is 0 Å². The van der Waals surface area contributed by atoms with E-state index >= 15 is 0 Å². The summed E-state index contributed by atoms with van der Waals surface area (Å²) in [6.45, 7) is 5.96. The third-order valence-electron chi connectivity index (χ3n) is 5.73. The van der Waals surface area contributed by atoms with Crippen molar-refractivity contribution in [2.75, 3.05) is 76.2 Å². The molecule has 1 fully saturated rings. The fourth-order valence-corrected chi connectivity index (χ4v) is 5.20. The Morgan fingerprint density at radius 3 is 2.05 bits per heavy atom. The molecule has 12 heteroatoms. The number of carbonyl (C=O) groups is 3. The summed E-state index contributed by atoms with van der Waals surface area (Å²) in [6, 6.07) is 5.03. The number of fused-ring (bicyclic) bond motifs is 1. The molecule has 0 aromatic heterocycles. The van der Waals surface area contributed by atoms with Crippen LogP contribution in [0.3, 0.4) is 0 Å². The fourth-order valence-electron chi connectivity index (χ4n) is 3.94. The van der Waals surface area contributed by atoms with Gasteiger partial charge in [0.05, 0.1) is 66.1 Å². The second kappa shape index (κ2) is 17.3. The Hall–Kier alpha value is -1.29. The maximum Gasteiger partial charge on any atom is 0.255 e. The molecule has 2 aliphatic heterocycles. The van der Waals surface area contributed by atoms with Gasteiger partial charge in [-0.15, -0.1) is 11.8 Å². The molecule has 1 aromatic rings. The topological polar surface area (TPSA) is 113 Å². The molecule has 1 unspecified atom stereocenters. The summed E-state index contributed by atoms with van der Waals surface area (Å²) < 4.78 is 28.3. The number of imide groups is 1. The first-order valence-electron chi connectivity index (χ1n) is 12.5. The Labute approximate surface area is 235 Å². The van der Waals surface area contributed by atoms with Gasteiger partial charge in [-0.3, -0.25) is 19.7 Å². The quantitative estimate of drug-likeness (QED) is 0.0791. The standard InChI is InChI=1S/C25H35IN2O8S/c26-6-7-32-8-9-33-10-11-34-12-13-35-14-15-36-16-17-37-22-3-1-2-19-20(22)18-28(25(19)31)21-4-5-23(29)27-24(21)30/h1-3,21H,4-18H2,(H,27,29,30). The van der Waals surface area contributed by atoms with Gasteiger partial charge in [0.1, 0.15) is 6.04 Å². The van der Waals surface area contributed by atoms with Crippen molar-refractivity contribution in [1.29, 1.82) is 0 Å². The van der Waals surface area contributed by atoms with Crippen molar-refractivity contribution in [1.82, 2.24) is 10.2 Å². The molecule has 3 amide bonds. The van der Waals surface area contributed by atoms with Crippen molar-refractivity contribution in [3.05, 3.63) is 29.3 Å². The second-order valence-corrected chi connectivity index (χ2v) is 10.5. The molecule has 3 rings (SSSR count). The van der Waals surface area contributed by atoms with E-state index in [9.17, 15) is 14.4 Å². The Bertz CT molecular complexity index is 890. The third-order valence-corrected chi connectivity index (χ3v) is 7.24. The van der Waals surface area contributed by atoms with Gasteiger partial charge in [-0.1, -0.05) is 28.7 Å². The lowest BCUT2D eigenvalue weighted by molar-refractivity contribution is -0.136. The van der Waals surface area contributed by atoms with Crippen LogP contribution >= 0.6 is 34.4 Å². The van der Waals surface area contributed by atoms with E-state index in [0.717, 1.165) is 27.2 Å². The number of thioether (sulfide) groups is 1. The Kier molecular flexibility index (Phi) is 14.2. The Morgan fingerprint density at radius 1 is 0.865 bits per heavy atom. The van der Waals surface area contributed by atoms with Crippen molar-refractivity contribution >= 4 is 52.1 Å². The van der Waals surface area contributed by atoms with Crippen LogP contribution in [0.2, 0.25) is 0 Å². The van der Waals surface area contributed by atoms with E-state index in [2.05, 4.69) is 27.9 Å². The predicted molar refractivity (Wildman–Crippen MR) is 146 cm³/mol. The number of amides is 3. The summed E-state index contributed by atoms with van der Waals surface area (Å²) in [5, 5.41) is 2.34. The number of rotatable bonds is 19. The molecule has 1 atom stereocenters. The van der Waals surface area contributed by atoms with Gasteiger partial charge in [-0.2, -0.15) is 0 Å². The Balaban J connectivity index is 1.22. The molecular formula is C25H35IN2O8S. The first-order chi connectivity index (χ1) is 18.1. The van der Waals surface area contributed by atoms with Crippen molar-refractivity contribution in [3.8, 4) is 0 Å². The zero-order valence-electron chi connectivity index (χ0n) is 20.9. The summed E-state index contributed by atoms with van der Waals surface area (Å²) in [6.07, 6.45) is 0.606. The van der Waals surface area contributed by atoms with Crippen molar-refractivity contribution in [2.45, 2.75) is 30.3 Å². The molecule has 0 aliphatic carbocycles. The number of ether oxygens (including phenoxy) is 5. The molecular weight excluding hydrogens is 615 g/mol. The van der Waals surface area contributed by atoms with Crippen LogP contribution in [0.4, 0.5) is 0 Å². The zero-order valence-corrected chi connectivity index (χ0v) is 23.9. The average molecular weight is 651 g/mol. The highest BCUT2D eigenvalue weighted by Crippen LogP contribution is 2.34. The minimum atomic E-state index is -0.604. The summed E-state index contributed by atoms with van der Waals surface area (Å²) in [5.74, 6) is -0.111. The lowest BCUT2D eigenvalue weighted by atomic mass is 10.0. The highest BCUT2D eigenvalue weighted by molar-refractivity contribution is 14.1. The van der Waals surface area contributed by atoms with Gasteiger partial charge in [-0.05, 0) is 24.1 Å². The number of hydrogen-bond donors (Lipinski definition) is 1. The largest absolute Gasteiger partial charge is 0.378 e. The number of nitrogens with zero attached hydrogens (tertiary/aromatic N) is 1. The SMILES string of the molecule is O=C1CCC(N2Cc3c(SCCOCCOCCOCCOCCOCCI)cccc3C2=O)C(=O)N1.